The largest absolute Gasteiger partial charge is 0.351 e. The second-order valence-electron chi connectivity index (χ2n) is 4.29. The summed E-state index contributed by atoms with van der Waals surface area (Å²) in [4.78, 5) is 11.2. The monoisotopic (exact) mass is 295 g/mol. The molecule has 0 aliphatic rings. The van der Waals surface area contributed by atoms with Crippen molar-refractivity contribution in [2.45, 2.75) is 26.7 Å². The third-order valence-electron chi connectivity index (χ3n) is 3.10. The number of fused-ring (bicyclic) bond motifs is 1. The van der Waals surface area contributed by atoms with Crippen LogP contribution in [0.15, 0.2) is 24.3 Å². The fraction of sp³-hybridized carbons (Fsp3) is 0.400. The predicted octanol–water partition coefficient (Wildman–Crippen LogP) is 3.51. The van der Waals surface area contributed by atoms with Crippen LogP contribution in [0.1, 0.15) is 24.2 Å². The van der Waals surface area contributed by atoms with Gasteiger partial charge in [-0.1, -0.05) is 29.8 Å². The van der Waals surface area contributed by atoms with E-state index in [1.807, 2.05) is 42.7 Å². The number of hydrogen-bond donors (Lipinski definition) is 0. The molecule has 1 aromatic heterocycles. The lowest BCUT2D eigenvalue weighted by molar-refractivity contribution is -0.143. The van der Waals surface area contributed by atoms with Crippen molar-refractivity contribution in [1.82, 2.24) is 4.57 Å². The van der Waals surface area contributed by atoms with Crippen LogP contribution >= 0.6 is 11.6 Å². The number of aldehydes is 1. The molecule has 0 saturated heterocycles. The molecule has 20 heavy (non-hydrogen) atoms. The van der Waals surface area contributed by atoms with Gasteiger partial charge < -0.3 is 14.0 Å². The number of rotatable bonds is 7. The fourth-order valence-electron chi connectivity index (χ4n) is 2.26. The summed E-state index contributed by atoms with van der Waals surface area (Å²) in [6.45, 7) is 5.40. The summed E-state index contributed by atoms with van der Waals surface area (Å²) in [6, 6.07) is 7.62. The molecule has 0 N–H and O–H groups in total. The number of carbonyl (C=O) groups excluding carboxylic acids is 1. The number of hydrogen-bond acceptors (Lipinski definition) is 3. The van der Waals surface area contributed by atoms with E-state index in [9.17, 15) is 4.79 Å². The van der Waals surface area contributed by atoms with Crippen LogP contribution in [0.25, 0.3) is 10.9 Å². The maximum absolute atomic E-state index is 11.2. The van der Waals surface area contributed by atoms with Crippen LogP contribution in [0.5, 0.6) is 0 Å². The highest BCUT2D eigenvalue weighted by Crippen LogP contribution is 2.29. The quantitative estimate of drug-likeness (QED) is 0.580. The van der Waals surface area contributed by atoms with E-state index in [0.29, 0.717) is 30.5 Å². The van der Waals surface area contributed by atoms with Crippen molar-refractivity contribution < 1.29 is 14.3 Å². The van der Waals surface area contributed by atoms with Crippen LogP contribution in [-0.4, -0.2) is 30.4 Å². The summed E-state index contributed by atoms with van der Waals surface area (Å²) in [5.41, 5.74) is 1.41. The maximum Gasteiger partial charge on any atom is 0.175 e. The molecule has 0 atom stereocenters. The zero-order valence-electron chi connectivity index (χ0n) is 11.6. The Balaban J connectivity index is 2.42. The van der Waals surface area contributed by atoms with Crippen molar-refractivity contribution in [1.29, 1.82) is 0 Å². The Hall–Kier alpha value is -1.36. The molecule has 0 amide bonds. The summed E-state index contributed by atoms with van der Waals surface area (Å²) < 4.78 is 12.9. The fourth-order valence-corrected chi connectivity index (χ4v) is 2.57. The first-order chi connectivity index (χ1) is 9.72. The third kappa shape index (κ3) is 2.87. The molecule has 1 aromatic carbocycles. The molecular weight excluding hydrogens is 278 g/mol. The average Bonchev–Trinajstić information content (AvgIpc) is 2.72. The van der Waals surface area contributed by atoms with Gasteiger partial charge in [0.1, 0.15) is 5.15 Å². The van der Waals surface area contributed by atoms with Crippen LogP contribution in [0.3, 0.4) is 0 Å². The molecule has 1 heterocycles. The molecule has 2 rings (SSSR count). The van der Waals surface area contributed by atoms with Gasteiger partial charge in [-0.15, -0.1) is 0 Å². The predicted molar refractivity (Wildman–Crippen MR) is 79.4 cm³/mol. The van der Waals surface area contributed by atoms with E-state index in [1.165, 1.54) is 0 Å². The first-order valence-corrected chi connectivity index (χ1v) is 7.05. The summed E-state index contributed by atoms with van der Waals surface area (Å²) in [6.07, 6.45) is 0.412. The summed E-state index contributed by atoms with van der Waals surface area (Å²) in [7, 11) is 0. The molecule has 0 radical (unpaired) electrons. The van der Waals surface area contributed by atoms with Gasteiger partial charge in [-0.2, -0.15) is 0 Å². The lowest BCUT2D eigenvalue weighted by atomic mass is 10.2. The number of ether oxygens (including phenoxy) is 2. The molecule has 0 bridgehead atoms. The molecular formula is C15H18ClNO3. The van der Waals surface area contributed by atoms with Crippen LogP contribution in [-0.2, 0) is 16.0 Å². The van der Waals surface area contributed by atoms with Gasteiger partial charge in [-0.3, -0.25) is 4.79 Å². The Morgan fingerprint density at radius 2 is 1.90 bits per heavy atom. The van der Waals surface area contributed by atoms with Crippen LogP contribution in [0.2, 0.25) is 5.15 Å². The normalized spacial score (nSPS) is 11.4. The van der Waals surface area contributed by atoms with E-state index in [2.05, 4.69) is 0 Å². The van der Waals surface area contributed by atoms with Gasteiger partial charge >= 0.3 is 0 Å². The molecule has 4 nitrogen and oxygen atoms in total. The molecule has 5 heteroatoms. The highest BCUT2D eigenvalue weighted by Gasteiger charge is 2.18. The number of nitrogens with zero attached hydrogens (tertiary/aromatic N) is 1. The zero-order valence-corrected chi connectivity index (χ0v) is 12.4. The van der Waals surface area contributed by atoms with Gasteiger partial charge in [0.2, 0.25) is 0 Å². The molecule has 0 spiro atoms. The number of aromatic nitrogens is 1. The molecule has 0 aliphatic heterocycles. The van der Waals surface area contributed by atoms with E-state index < -0.39 is 0 Å². The van der Waals surface area contributed by atoms with Gasteiger partial charge in [0.25, 0.3) is 0 Å². The van der Waals surface area contributed by atoms with Crippen molar-refractivity contribution in [2.24, 2.45) is 0 Å². The van der Waals surface area contributed by atoms with E-state index in [1.54, 1.807) is 0 Å². The molecule has 0 saturated carbocycles. The first-order valence-electron chi connectivity index (χ1n) is 6.68. The molecule has 0 fully saturated rings. The standard InChI is InChI=1S/C15H18ClNO3/c1-3-19-14(20-4-2)9-17-13-8-6-5-7-11(13)12(10-18)15(17)16/h5-8,10,14H,3-4,9H2,1-2H3. The smallest absolute Gasteiger partial charge is 0.175 e. The maximum atomic E-state index is 11.2. The minimum Gasteiger partial charge on any atom is -0.351 e. The van der Waals surface area contributed by atoms with Crippen molar-refractivity contribution >= 4 is 28.8 Å². The van der Waals surface area contributed by atoms with E-state index in [-0.39, 0.29) is 6.29 Å². The van der Waals surface area contributed by atoms with Crippen molar-refractivity contribution in [3.8, 4) is 0 Å². The highest BCUT2D eigenvalue weighted by molar-refractivity contribution is 6.34. The zero-order chi connectivity index (χ0) is 14.5. The first kappa shape index (κ1) is 15.0. The number of benzene rings is 1. The Morgan fingerprint density at radius 1 is 1.25 bits per heavy atom. The van der Waals surface area contributed by atoms with E-state index >= 15 is 0 Å². The molecule has 0 aliphatic carbocycles. The van der Waals surface area contributed by atoms with E-state index in [0.717, 1.165) is 17.2 Å². The van der Waals surface area contributed by atoms with Crippen LogP contribution in [0, 0.1) is 0 Å². The van der Waals surface area contributed by atoms with Crippen LogP contribution in [0.4, 0.5) is 0 Å². The van der Waals surface area contributed by atoms with Gasteiger partial charge in [0, 0.05) is 18.6 Å². The second-order valence-corrected chi connectivity index (χ2v) is 4.65. The Morgan fingerprint density at radius 3 is 2.50 bits per heavy atom. The third-order valence-corrected chi connectivity index (χ3v) is 3.51. The Labute approximate surface area is 123 Å². The summed E-state index contributed by atoms with van der Waals surface area (Å²) in [5.74, 6) is 0. The number of halogens is 1. The topological polar surface area (TPSA) is 40.5 Å². The second kappa shape index (κ2) is 6.88. The van der Waals surface area contributed by atoms with E-state index in [4.69, 9.17) is 21.1 Å². The average molecular weight is 296 g/mol. The molecule has 0 unspecified atom stereocenters. The van der Waals surface area contributed by atoms with Gasteiger partial charge in [-0.05, 0) is 19.9 Å². The molecule has 108 valence electrons. The minimum atomic E-state index is -0.377. The van der Waals surface area contributed by atoms with Gasteiger partial charge in [0.15, 0.2) is 12.6 Å². The Bertz CT molecular complexity index is 588. The summed E-state index contributed by atoms with van der Waals surface area (Å²) in [5, 5.41) is 1.27. The van der Waals surface area contributed by atoms with Gasteiger partial charge in [0.05, 0.1) is 17.6 Å². The lowest BCUT2D eigenvalue weighted by Gasteiger charge is -2.18. The Kier molecular flexibility index (Phi) is 5.17. The molecule has 2 aromatic rings. The minimum absolute atomic E-state index is 0.377. The summed E-state index contributed by atoms with van der Waals surface area (Å²) >= 11 is 6.32. The van der Waals surface area contributed by atoms with Crippen LogP contribution < -0.4 is 0 Å². The SMILES string of the molecule is CCOC(Cn1c(Cl)c(C=O)c2ccccc21)OCC. The number of para-hydroxylation sites is 1. The highest BCUT2D eigenvalue weighted by atomic mass is 35.5. The van der Waals surface area contributed by atoms with Gasteiger partial charge in [-0.25, -0.2) is 0 Å². The van der Waals surface area contributed by atoms with Crippen molar-refractivity contribution in [3.05, 3.63) is 35.0 Å². The number of carbonyl (C=O) groups is 1. The lowest BCUT2D eigenvalue weighted by Crippen LogP contribution is -2.23. The van der Waals surface area contributed by atoms with Crippen molar-refractivity contribution in [3.63, 3.8) is 0 Å². The van der Waals surface area contributed by atoms with Crippen molar-refractivity contribution in [2.75, 3.05) is 13.2 Å².